The van der Waals surface area contributed by atoms with Crippen molar-refractivity contribution >= 4 is 17.6 Å². The molecule has 0 fully saturated rings. The number of halogens is 1. The number of methoxy groups -OCH3 is 1. The molecule has 0 heterocycles. The van der Waals surface area contributed by atoms with Gasteiger partial charge in [0.05, 0.1) is 7.11 Å². The molecule has 0 unspecified atom stereocenters. The summed E-state index contributed by atoms with van der Waals surface area (Å²) in [7, 11) is 1.59. The molecule has 0 aliphatic heterocycles. The fraction of sp³-hybridized carbons (Fsp3) is 0.263. The number of nitrogens with one attached hydrogen (secondary N) is 1. The minimum Gasteiger partial charge on any atom is -0.497 e. The van der Waals surface area contributed by atoms with Crippen LogP contribution in [0, 0.1) is 5.82 Å². The summed E-state index contributed by atoms with van der Waals surface area (Å²) >= 11 is 0. The van der Waals surface area contributed by atoms with Gasteiger partial charge in [0.15, 0.2) is 6.10 Å². The lowest BCUT2D eigenvalue weighted by Gasteiger charge is -2.13. The Morgan fingerprint density at radius 3 is 2.32 bits per heavy atom. The second-order valence-corrected chi connectivity index (χ2v) is 5.48. The molecule has 1 amide bonds. The number of anilines is 1. The number of esters is 1. The van der Waals surface area contributed by atoms with Crippen LogP contribution in [-0.4, -0.2) is 25.1 Å². The molecule has 0 aliphatic carbocycles. The highest BCUT2D eigenvalue weighted by Gasteiger charge is 2.17. The number of aryl methyl sites for hydroxylation is 1. The van der Waals surface area contributed by atoms with E-state index in [0.717, 1.165) is 11.3 Å². The van der Waals surface area contributed by atoms with Crippen LogP contribution in [0.4, 0.5) is 10.1 Å². The van der Waals surface area contributed by atoms with Crippen LogP contribution in [0.3, 0.4) is 0 Å². The Bertz CT molecular complexity index is 713. The van der Waals surface area contributed by atoms with E-state index in [1.165, 1.54) is 31.2 Å². The quantitative estimate of drug-likeness (QED) is 0.782. The third-order valence-corrected chi connectivity index (χ3v) is 3.57. The summed E-state index contributed by atoms with van der Waals surface area (Å²) in [5, 5.41) is 2.56. The maximum atomic E-state index is 12.8. The monoisotopic (exact) mass is 345 g/mol. The van der Waals surface area contributed by atoms with Crippen LogP contribution in [-0.2, 0) is 20.7 Å². The van der Waals surface area contributed by atoms with Gasteiger partial charge >= 0.3 is 5.97 Å². The average molecular weight is 345 g/mol. The Morgan fingerprint density at radius 1 is 1.08 bits per heavy atom. The van der Waals surface area contributed by atoms with Crippen molar-refractivity contribution in [2.75, 3.05) is 12.4 Å². The molecule has 1 atom stereocenters. The van der Waals surface area contributed by atoms with Crippen molar-refractivity contribution in [3.63, 3.8) is 0 Å². The van der Waals surface area contributed by atoms with Crippen molar-refractivity contribution in [2.45, 2.75) is 25.9 Å². The van der Waals surface area contributed by atoms with E-state index < -0.39 is 23.8 Å². The van der Waals surface area contributed by atoms with E-state index in [1.54, 1.807) is 7.11 Å². The van der Waals surface area contributed by atoms with Crippen molar-refractivity contribution in [2.24, 2.45) is 0 Å². The molecule has 25 heavy (non-hydrogen) atoms. The van der Waals surface area contributed by atoms with Crippen LogP contribution < -0.4 is 10.1 Å². The molecule has 5 nitrogen and oxygen atoms in total. The molecule has 132 valence electrons. The molecule has 2 rings (SSSR count). The van der Waals surface area contributed by atoms with Crippen LogP contribution in [0.1, 0.15) is 18.9 Å². The first-order chi connectivity index (χ1) is 12.0. The van der Waals surface area contributed by atoms with Crippen LogP contribution >= 0.6 is 0 Å². The van der Waals surface area contributed by atoms with E-state index in [2.05, 4.69) is 5.32 Å². The SMILES string of the molecule is COc1ccc(CCC(=O)O[C@H](C)C(=O)Nc2ccc(F)cc2)cc1. The molecule has 0 radical (unpaired) electrons. The van der Waals surface area contributed by atoms with Crippen LogP contribution in [0.2, 0.25) is 0 Å². The summed E-state index contributed by atoms with van der Waals surface area (Å²) in [4.78, 5) is 23.9. The standard InChI is InChI=1S/C19H20FNO4/c1-13(19(23)21-16-8-6-15(20)7-9-16)25-18(22)12-5-14-3-10-17(24-2)11-4-14/h3-4,6-11,13H,5,12H2,1-2H3,(H,21,23)/t13-/m1/s1. The lowest BCUT2D eigenvalue weighted by atomic mass is 10.1. The van der Waals surface area contributed by atoms with Crippen LogP contribution in [0.15, 0.2) is 48.5 Å². The number of ether oxygens (including phenoxy) is 2. The third-order valence-electron chi connectivity index (χ3n) is 3.57. The molecular formula is C19H20FNO4. The predicted octanol–water partition coefficient (Wildman–Crippen LogP) is 3.34. The Balaban J connectivity index is 1.78. The Morgan fingerprint density at radius 2 is 1.72 bits per heavy atom. The van der Waals surface area contributed by atoms with Gasteiger partial charge < -0.3 is 14.8 Å². The highest BCUT2D eigenvalue weighted by atomic mass is 19.1. The number of rotatable bonds is 7. The molecule has 0 saturated carbocycles. The maximum Gasteiger partial charge on any atom is 0.306 e. The van der Waals surface area contributed by atoms with Crippen molar-refractivity contribution < 1.29 is 23.5 Å². The number of hydrogen-bond acceptors (Lipinski definition) is 4. The number of carbonyl (C=O) groups excluding carboxylic acids is 2. The smallest absolute Gasteiger partial charge is 0.306 e. The second-order valence-electron chi connectivity index (χ2n) is 5.48. The number of amides is 1. The number of benzene rings is 2. The molecule has 0 saturated heterocycles. The molecule has 2 aromatic carbocycles. The average Bonchev–Trinajstić information content (AvgIpc) is 2.62. The topological polar surface area (TPSA) is 64.6 Å². The summed E-state index contributed by atoms with van der Waals surface area (Å²) in [6, 6.07) is 12.7. The van der Waals surface area contributed by atoms with E-state index in [0.29, 0.717) is 12.1 Å². The van der Waals surface area contributed by atoms with Crippen LogP contribution in [0.25, 0.3) is 0 Å². The fourth-order valence-electron chi connectivity index (χ4n) is 2.13. The fourth-order valence-corrected chi connectivity index (χ4v) is 2.13. The zero-order chi connectivity index (χ0) is 18.2. The van der Waals surface area contributed by atoms with Gasteiger partial charge in [-0.2, -0.15) is 0 Å². The van der Waals surface area contributed by atoms with Gasteiger partial charge in [-0.15, -0.1) is 0 Å². The number of hydrogen-bond donors (Lipinski definition) is 1. The van der Waals surface area contributed by atoms with E-state index in [-0.39, 0.29) is 6.42 Å². The molecule has 2 aromatic rings. The first-order valence-corrected chi connectivity index (χ1v) is 7.87. The summed E-state index contributed by atoms with van der Waals surface area (Å²) in [6.45, 7) is 1.49. The van der Waals surface area contributed by atoms with Gasteiger partial charge in [0.25, 0.3) is 5.91 Å². The van der Waals surface area contributed by atoms with Gasteiger partial charge in [-0.1, -0.05) is 12.1 Å². The summed E-state index contributed by atoms with van der Waals surface area (Å²) < 4.78 is 23.0. The van der Waals surface area contributed by atoms with Crippen molar-refractivity contribution in [1.29, 1.82) is 0 Å². The van der Waals surface area contributed by atoms with E-state index >= 15 is 0 Å². The van der Waals surface area contributed by atoms with Crippen molar-refractivity contribution in [3.05, 3.63) is 59.9 Å². The first kappa shape index (κ1) is 18.4. The lowest BCUT2D eigenvalue weighted by Crippen LogP contribution is -2.30. The summed E-state index contributed by atoms with van der Waals surface area (Å²) in [6.07, 6.45) is -0.260. The lowest BCUT2D eigenvalue weighted by molar-refractivity contribution is -0.153. The Hall–Kier alpha value is -2.89. The number of carbonyl (C=O) groups is 2. The molecule has 0 aromatic heterocycles. The molecule has 1 N–H and O–H groups in total. The Kier molecular flexibility index (Phi) is 6.51. The van der Waals surface area contributed by atoms with Gasteiger partial charge in [0.2, 0.25) is 0 Å². The molecule has 0 spiro atoms. The van der Waals surface area contributed by atoms with E-state index in [9.17, 15) is 14.0 Å². The van der Waals surface area contributed by atoms with Gasteiger partial charge in [-0.25, -0.2) is 4.39 Å². The normalized spacial score (nSPS) is 11.5. The molecule has 0 bridgehead atoms. The second kappa shape index (κ2) is 8.82. The van der Waals surface area contributed by atoms with Crippen LogP contribution in [0.5, 0.6) is 5.75 Å². The van der Waals surface area contributed by atoms with Gasteiger partial charge in [0.1, 0.15) is 11.6 Å². The van der Waals surface area contributed by atoms with Gasteiger partial charge in [-0.05, 0) is 55.3 Å². The van der Waals surface area contributed by atoms with Gasteiger partial charge in [0, 0.05) is 12.1 Å². The molecular weight excluding hydrogens is 325 g/mol. The summed E-state index contributed by atoms with van der Waals surface area (Å²) in [5.74, 6) is -0.574. The van der Waals surface area contributed by atoms with Gasteiger partial charge in [-0.3, -0.25) is 9.59 Å². The first-order valence-electron chi connectivity index (χ1n) is 7.87. The highest BCUT2D eigenvalue weighted by molar-refractivity contribution is 5.95. The van der Waals surface area contributed by atoms with Crippen molar-refractivity contribution in [3.8, 4) is 5.75 Å². The molecule has 0 aliphatic rings. The highest BCUT2D eigenvalue weighted by Crippen LogP contribution is 2.13. The predicted molar refractivity (Wildman–Crippen MR) is 91.9 cm³/mol. The third kappa shape index (κ3) is 5.91. The summed E-state index contributed by atoms with van der Waals surface area (Å²) in [5.41, 5.74) is 1.41. The zero-order valence-electron chi connectivity index (χ0n) is 14.1. The van der Waals surface area contributed by atoms with E-state index in [1.807, 2.05) is 24.3 Å². The minimum absolute atomic E-state index is 0.167. The van der Waals surface area contributed by atoms with E-state index in [4.69, 9.17) is 9.47 Å². The Labute approximate surface area is 145 Å². The maximum absolute atomic E-state index is 12.8. The minimum atomic E-state index is -0.937. The largest absolute Gasteiger partial charge is 0.497 e. The molecule has 6 heteroatoms. The zero-order valence-corrected chi connectivity index (χ0v) is 14.1. The van der Waals surface area contributed by atoms with Crippen molar-refractivity contribution in [1.82, 2.24) is 0 Å².